The average Bonchev–Trinajstić information content (AvgIpc) is 2.26. The van der Waals surface area contributed by atoms with E-state index in [1.807, 2.05) is 48.7 Å². The summed E-state index contributed by atoms with van der Waals surface area (Å²) >= 11 is 1.85. The summed E-state index contributed by atoms with van der Waals surface area (Å²) < 4.78 is 0. The Morgan fingerprint density at radius 2 is 2.12 bits per heavy atom. The van der Waals surface area contributed by atoms with Crippen LogP contribution in [0.25, 0.3) is 0 Å². The van der Waals surface area contributed by atoms with E-state index < -0.39 is 0 Å². The molecule has 2 nitrogen and oxygen atoms in total. The maximum absolute atomic E-state index is 12.1. The van der Waals surface area contributed by atoms with Crippen molar-refractivity contribution in [2.75, 3.05) is 11.4 Å². The topological polar surface area (TPSA) is 20.3 Å². The van der Waals surface area contributed by atoms with Crippen LogP contribution in [0.5, 0.6) is 0 Å². The van der Waals surface area contributed by atoms with Gasteiger partial charge in [0.1, 0.15) is 0 Å². The molecule has 0 radical (unpaired) electrons. The van der Waals surface area contributed by atoms with E-state index in [1.165, 1.54) is 4.90 Å². The highest BCUT2D eigenvalue weighted by atomic mass is 32.2. The van der Waals surface area contributed by atoms with Crippen molar-refractivity contribution in [3.05, 3.63) is 24.3 Å². The molecule has 0 aromatic heterocycles. The van der Waals surface area contributed by atoms with Gasteiger partial charge in [-0.25, -0.2) is 0 Å². The lowest BCUT2D eigenvalue weighted by molar-refractivity contribution is -0.121. The third kappa shape index (κ3) is 2.09. The molecule has 3 heteroatoms. The Balaban J connectivity index is 2.37. The molecule has 2 rings (SSSR count). The molecule has 0 saturated carbocycles. The molecule has 0 N–H and O–H groups in total. The fraction of sp³-hybridized carbons (Fsp3) is 0.462. The summed E-state index contributed by atoms with van der Waals surface area (Å²) in [5, 5.41) is 0.470. The number of nitrogens with zero attached hydrogens (tertiary/aromatic N) is 1. The summed E-state index contributed by atoms with van der Waals surface area (Å²) in [5.41, 5.74) is 1.07. The molecule has 1 aromatic rings. The van der Waals surface area contributed by atoms with E-state index in [9.17, 15) is 4.79 Å². The number of para-hydroxylation sites is 1. The van der Waals surface area contributed by atoms with Crippen molar-refractivity contribution >= 4 is 23.4 Å². The molecular weight excluding hydrogens is 218 g/mol. The highest BCUT2D eigenvalue weighted by molar-refractivity contribution is 8.00. The summed E-state index contributed by atoms with van der Waals surface area (Å²) in [6.07, 6.45) is 0. The van der Waals surface area contributed by atoms with Crippen LogP contribution in [0.1, 0.15) is 20.8 Å². The van der Waals surface area contributed by atoms with Gasteiger partial charge in [0.25, 0.3) is 0 Å². The molecule has 1 aliphatic heterocycles. The van der Waals surface area contributed by atoms with Gasteiger partial charge in [0.2, 0.25) is 5.91 Å². The van der Waals surface area contributed by atoms with Crippen LogP contribution < -0.4 is 4.90 Å². The number of benzene rings is 1. The summed E-state index contributed by atoms with van der Waals surface area (Å²) in [7, 11) is 0. The van der Waals surface area contributed by atoms with Crippen molar-refractivity contribution in [2.45, 2.75) is 30.9 Å². The van der Waals surface area contributed by atoms with Crippen molar-refractivity contribution in [3.8, 4) is 0 Å². The van der Waals surface area contributed by atoms with Gasteiger partial charge in [-0.05, 0) is 12.1 Å². The molecule has 86 valence electrons. The summed E-state index contributed by atoms with van der Waals surface area (Å²) in [4.78, 5) is 15.3. The third-order valence-electron chi connectivity index (χ3n) is 2.68. The van der Waals surface area contributed by atoms with Gasteiger partial charge in [-0.2, -0.15) is 0 Å². The molecule has 1 aromatic carbocycles. The maximum atomic E-state index is 12.1. The Hall–Kier alpha value is -0.960. The molecule has 1 heterocycles. The quantitative estimate of drug-likeness (QED) is 0.745. The molecule has 1 atom stereocenters. The Morgan fingerprint density at radius 1 is 1.44 bits per heavy atom. The van der Waals surface area contributed by atoms with E-state index in [2.05, 4.69) is 13.0 Å². The van der Waals surface area contributed by atoms with Crippen molar-refractivity contribution < 1.29 is 4.79 Å². The zero-order valence-corrected chi connectivity index (χ0v) is 10.8. The largest absolute Gasteiger partial charge is 0.310 e. The maximum Gasteiger partial charge on any atom is 0.229 e. The number of anilines is 1. The van der Waals surface area contributed by atoms with Crippen LogP contribution in [0, 0.1) is 5.92 Å². The van der Waals surface area contributed by atoms with Gasteiger partial charge in [-0.3, -0.25) is 4.79 Å². The number of rotatable bonds is 1. The van der Waals surface area contributed by atoms with E-state index in [1.54, 1.807) is 0 Å². The predicted molar refractivity (Wildman–Crippen MR) is 69.0 cm³/mol. The third-order valence-corrected chi connectivity index (χ3v) is 3.83. The van der Waals surface area contributed by atoms with Crippen LogP contribution >= 0.6 is 11.8 Å². The van der Waals surface area contributed by atoms with Crippen LogP contribution in [0.15, 0.2) is 29.2 Å². The average molecular weight is 235 g/mol. The van der Waals surface area contributed by atoms with Gasteiger partial charge in [0.05, 0.1) is 5.69 Å². The Morgan fingerprint density at radius 3 is 2.81 bits per heavy atom. The lowest BCUT2D eigenvalue weighted by atomic mass is 10.1. The van der Waals surface area contributed by atoms with E-state index in [0.717, 1.165) is 12.2 Å². The Bertz CT molecular complexity index is 403. The normalized spacial score (nSPS) is 19.8. The van der Waals surface area contributed by atoms with E-state index in [4.69, 9.17) is 0 Å². The number of carbonyl (C=O) groups is 1. The zero-order chi connectivity index (χ0) is 11.7. The minimum Gasteiger partial charge on any atom is -0.310 e. The lowest BCUT2D eigenvalue weighted by Crippen LogP contribution is -2.40. The minimum absolute atomic E-state index is 0.0587. The number of hydrogen-bond acceptors (Lipinski definition) is 2. The van der Waals surface area contributed by atoms with Crippen LogP contribution in [-0.4, -0.2) is 17.7 Å². The van der Waals surface area contributed by atoms with Crippen LogP contribution in [0.3, 0.4) is 0 Å². The fourth-order valence-corrected chi connectivity index (χ4v) is 3.02. The smallest absolute Gasteiger partial charge is 0.229 e. The molecule has 0 fully saturated rings. The Kier molecular flexibility index (Phi) is 3.24. The standard InChI is InChI=1S/C13H17NOS/c1-9(2)13(15)14-8-10(3)16-12-7-5-4-6-11(12)14/h4-7,9-10H,8H2,1-3H3. The molecule has 16 heavy (non-hydrogen) atoms. The SMILES string of the molecule is CC1CN(C(=O)C(C)C)c2ccccc2S1. The minimum atomic E-state index is 0.0587. The second kappa shape index (κ2) is 4.50. The van der Waals surface area contributed by atoms with Crippen LogP contribution in [0.2, 0.25) is 0 Å². The number of amides is 1. The summed E-state index contributed by atoms with van der Waals surface area (Å²) in [6, 6.07) is 8.16. The monoisotopic (exact) mass is 235 g/mol. The lowest BCUT2D eigenvalue weighted by Gasteiger charge is -2.33. The molecular formula is C13H17NOS. The van der Waals surface area contributed by atoms with Gasteiger partial charge >= 0.3 is 0 Å². The van der Waals surface area contributed by atoms with E-state index in [-0.39, 0.29) is 11.8 Å². The molecule has 1 aliphatic rings. The van der Waals surface area contributed by atoms with Gasteiger partial charge < -0.3 is 4.90 Å². The highest BCUT2D eigenvalue weighted by Crippen LogP contribution is 2.38. The first kappa shape index (κ1) is 11.5. The second-order valence-corrected chi connectivity index (χ2v) is 5.98. The predicted octanol–water partition coefficient (Wildman–Crippen LogP) is 3.17. The molecule has 1 amide bonds. The van der Waals surface area contributed by atoms with Gasteiger partial charge in [0, 0.05) is 22.6 Å². The molecule has 0 saturated heterocycles. The molecule has 1 unspecified atom stereocenters. The highest BCUT2D eigenvalue weighted by Gasteiger charge is 2.27. The van der Waals surface area contributed by atoms with Gasteiger partial charge in [0.15, 0.2) is 0 Å². The first-order valence-electron chi connectivity index (χ1n) is 5.66. The van der Waals surface area contributed by atoms with E-state index >= 15 is 0 Å². The number of fused-ring (bicyclic) bond motifs is 1. The number of carbonyl (C=O) groups excluding carboxylic acids is 1. The number of thioether (sulfide) groups is 1. The second-order valence-electron chi connectivity index (χ2n) is 4.50. The number of hydrogen-bond donors (Lipinski definition) is 0. The van der Waals surface area contributed by atoms with Gasteiger partial charge in [-0.1, -0.05) is 32.9 Å². The van der Waals surface area contributed by atoms with Crippen molar-refractivity contribution in [3.63, 3.8) is 0 Å². The molecule has 0 bridgehead atoms. The first-order chi connectivity index (χ1) is 7.59. The van der Waals surface area contributed by atoms with Crippen LogP contribution in [0.4, 0.5) is 5.69 Å². The molecule has 0 spiro atoms. The van der Waals surface area contributed by atoms with Crippen LogP contribution in [-0.2, 0) is 4.79 Å². The van der Waals surface area contributed by atoms with E-state index in [0.29, 0.717) is 5.25 Å². The fourth-order valence-electron chi connectivity index (χ4n) is 1.91. The van der Waals surface area contributed by atoms with Gasteiger partial charge in [-0.15, -0.1) is 11.8 Å². The molecule has 0 aliphatic carbocycles. The Labute approximate surface area is 101 Å². The van der Waals surface area contributed by atoms with Crippen molar-refractivity contribution in [1.29, 1.82) is 0 Å². The first-order valence-corrected chi connectivity index (χ1v) is 6.54. The van der Waals surface area contributed by atoms with Crippen molar-refractivity contribution in [1.82, 2.24) is 0 Å². The van der Waals surface area contributed by atoms with Crippen molar-refractivity contribution in [2.24, 2.45) is 5.92 Å². The summed E-state index contributed by atoms with van der Waals surface area (Å²) in [5.74, 6) is 0.281. The zero-order valence-electron chi connectivity index (χ0n) is 9.93. The summed E-state index contributed by atoms with van der Waals surface area (Å²) in [6.45, 7) is 6.90.